The minimum absolute atomic E-state index is 0.0174. The molecule has 2 aromatic carbocycles. The van der Waals surface area contributed by atoms with Crippen molar-refractivity contribution >= 4 is 17.3 Å². The normalized spacial score (nSPS) is 15.9. The summed E-state index contributed by atoms with van der Waals surface area (Å²) < 4.78 is 2.06. The second-order valence-electron chi connectivity index (χ2n) is 5.76. The number of nitrogens with zero attached hydrogens (tertiary/aromatic N) is 2. The van der Waals surface area contributed by atoms with Gasteiger partial charge in [0.2, 0.25) is 0 Å². The van der Waals surface area contributed by atoms with Crippen molar-refractivity contribution in [2.75, 3.05) is 5.32 Å². The van der Waals surface area contributed by atoms with Crippen molar-refractivity contribution in [2.24, 2.45) is 0 Å². The van der Waals surface area contributed by atoms with Crippen LogP contribution in [0.1, 0.15) is 23.0 Å². The van der Waals surface area contributed by atoms with Crippen molar-refractivity contribution in [1.82, 2.24) is 9.78 Å². The summed E-state index contributed by atoms with van der Waals surface area (Å²) in [5, 5.41) is 9.01. The lowest BCUT2D eigenvalue weighted by Gasteiger charge is -2.29. The van der Waals surface area contributed by atoms with Gasteiger partial charge in [0.1, 0.15) is 6.17 Å². The van der Waals surface area contributed by atoms with E-state index in [1.54, 1.807) is 0 Å². The lowest BCUT2D eigenvalue weighted by Crippen LogP contribution is -2.25. The van der Waals surface area contributed by atoms with E-state index in [0.717, 1.165) is 27.7 Å². The van der Waals surface area contributed by atoms with Crippen LogP contribution in [0.3, 0.4) is 0 Å². The number of nitrogens with one attached hydrogen (secondary N) is 1. The van der Waals surface area contributed by atoms with Crippen molar-refractivity contribution in [2.45, 2.75) is 20.0 Å². The first-order valence-corrected chi connectivity index (χ1v) is 7.69. The second kappa shape index (κ2) is 4.89. The highest BCUT2D eigenvalue weighted by molar-refractivity contribution is 6.30. The molecule has 4 rings (SSSR count). The average molecular weight is 310 g/mol. The minimum atomic E-state index is -0.0174. The summed E-state index contributed by atoms with van der Waals surface area (Å²) in [4.78, 5) is 0. The van der Waals surface area contributed by atoms with E-state index in [9.17, 15) is 0 Å². The Hall–Kier alpha value is -2.26. The maximum Gasteiger partial charge on any atom is 0.147 e. The van der Waals surface area contributed by atoms with Crippen LogP contribution in [0.5, 0.6) is 0 Å². The van der Waals surface area contributed by atoms with Crippen LogP contribution >= 0.6 is 11.6 Å². The molecule has 2 heterocycles. The summed E-state index contributed by atoms with van der Waals surface area (Å²) in [5.41, 5.74) is 6.89. The van der Waals surface area contributed by atoms with Crippen molar-refractivity contribution in [1.29, 1.82) is 0 Å². The third kappa shape index (κ3) is 2.09. The lowest BCUT2D eigenvalue weighted by molar-refractivity contribution is 0.571. The fourth-order valence-electron chi connectivity index (χ4n) is 2.99. The third-order valence-corrected chi connectivity index (χ3v) is 4.28. The van der Waals surface area contributed by atoms with Gasteiger partial charge in [0.15, 0.2) is 0 Å². The quantitative estimate of drug-likeness (QED) is 0.700. The van der Waals surface area contributed by atoms with Crippen LogP contribution in [-0.4, -0.2) is 9.78 Å². The van der Waals surface area contributed by atoms with Crippen molar-refractivity contribution < 1.29 is 0 Å². The predicted molar refractivity (Wildman–Crippen MR) is 90.4 cm³/mol. The summed E-state index contributed by atoms with van der Waals surface area (Å²) >= 11 is 6.01. The number of aryl methyl sites for hydroxylation is 2. The summed E-state index contributed by atoms with van der Waals surface area (Å²) in [5.74, 6) is 0. The fourth-order valence-corrected chi connectivity index (χ4v) is 3.11. The molecule has 110 valence electrons. The molecule has 0 bridgehead atoms. The van der Waals surface area contributed by atoms with Gasteiger partial charge in [0.25, 0.3) is 0 Å². The SMILES string of the molecule is Cc1ccc2c(c1)-c1cc(C)nn1C(c1ccc(Cl)cc1)N2. The Kier molecular flexibility index (Phi) is 2.98. The Balaban J connectivity index is 1.90. The monoisotopic (exact) mass is 309 g/mol. The van der Waals surface area contributed by atoms with Crippen molar-refractivity contribution in [3.05, 3.63) is 70.4 Å². The topological polar surface area (TPSA) is 29.9 Å². The molecule has 0 fully saturated rings. The number of halogens is 1. The van der Waals surface area contributed by atoms with E-state index < -0.39 is 0 Å². The molecule has 4 heteroatoms. The molecular formula is C18H16ClN3. The lowest BCUT2D eigenvalue weighted by atomic mass is 10.0. The maximum atomic E-state index is 6.01. The van der Waals surface area contributed by atoms with Gasteiger partial charge >= 0.3 is 0 Å². The highest BCUT2D eigenvalue weighted by Gasteiger charge is 2.26. The maximum absolute atomic E-state index is 6.01. The van der Waals surface area contributed by atoms with Crippen LogP contribution in [0.15, 0.2) is 48.5 Å². The molecule has 1 aliphatic heterocycles. The molecule has 1 aliphatic rings. The number of benzene rings is 2. The van der Waals surface area contributed by atoms with Gasteiger partial charge in [-0.3, -0.25) is 0 Å². The first-order valence-electron chi connectivity index (χ1n) is 7.31. The fraction of sp³-hybridized carbons (Fsp3) is 0.167. The molecule has 3 aromatic rings. The largest absolute Gasteiger partial charge is 0.359 e. The Morgan fingerprint density at radius 3 is 2.59 bits per heavy atom. The zero-order valence-electron chi connectivity index (χ0n) is 12.5. The van der Waals surface area contributed by atoms with E-state index in [4.69, 9.17) is 11.6 Å². The van der Waals surface area contributed by atoms with Crippen LogP contribution < -0.4 is 5.32 Å². The molecule has 1 atom stereocenters. The number of aromatic nitrogens is 2. The van der Waals surface area contributed by atoms with E-state index >= 15 is 0 Å². The van der Waals surface area contributed by atoms with Crippen LogP contribution in [0.2, 0.25) is 5.02 Å². The number of fused-ring (bicyclic) bond motifs is 3. The Labute approximate surface area is 134 Å². The molecule has 1 aromatic heterocycles. The van der Waals surface area contributed by atoms with Gasteiger partial charge in [0.05, 0.1) is 11.4 Å². The molecule has 0 radical (unpaired) electrons. The molecule has 0 amide bonds. The summed E-state index contributed by atoms with van der Waals surface area (Å²) in [6, 6.07) is 16.5. The van der Waals surface area contributed by atoms with E-state index in [-0.39, 0.29) is 6.17 Å². The summed E-state index contributed by atoms with van der Waals surface area (Å²) in [6.07, 6.45) is -0.0174. The number of hydrogen-bond donors (Lipinski definition) is 1. The molecule has 22 heavy (non-hydrogen) atoms. The van der Waals surface area contributed by atoms with Gasteiger partial charge < -0.3 is 5.32 Å². The first-order chi connectivity index (χ1) is 10.6. The Bertz CT molecular complexity index is 849. The number of rotatable bonds is 1. The molecule has 1 N–H and O–H groups in total. The van der Waals surface area contributed by atoms with E-state index in [0.29, 0.717) is 0 Å². The third-order valence-electron chi connectivity index (χ3n) is 4.03. The molecule has 1 unspecified atom stereocenters. The van der Waals surface area contributed by atoms with Gasteiger partial charge in [0, 0.05) is 16.3 Å². The average Bonchev–Trinajstić information content (AvgIpc) is 2.89. The minimum Gasteiger partial charge on any atom is -0.359 e. The van der Waals surface area contributed by atoms with E-state index in [1.165, 1.54) is 11.1 Å². The van der Waals surface area contributed by atoms with Gasteiger partial charge in [-0.15, -0.1) is 0 Å². The zero-order valence-corrected chi connectivity index (χ0v) is 13.2. The van der Waals surface area contributed by atoms with E-state index in [1.807, 2.05) is 31.2 Å². The van der Waals surface area contributed by atoms with E-state index in [2.05, 4.69) is 46.3 Å². The molecule has 0 spiro atoms. The predicted octanol–water partition coefficient (Wildman–Crippen LogP) is 4.79. The smallest absolute Gasteiger partial charge is 0.147 e. The van der Waals surface area contributed by atoms with Crippen LogP contribution in [0.4, 0.5) is 5.69 Å². The number of anilines is 1. The van der Waals surface area contributed by atoms with Crippen molar-refractivity contribution in [3.8, 4) is 11.3 Å². The van der Waals surface area contributed by atoms with Crippen LogP contribution in [0.25, 0.3) is 11.3 Å². The zero-order chi connectivity index (χ0) is 15.3. The molecular weight excluding hydrogens is 294 g/mol. The molecule has 3 nitrogen and oxygen atoms in total. The van der Waals surface area contributed by atoms with Gasteiger partial charge in [-0.25, -0.2) is 4.68 Å². The second-order valence-corrected chi connectivity index (χ2v) is 6.20. The van der Waals surface area contributed by atoms with Gasteiger partial charge in [-0.1, -0.05) is 35.4 Å². The number of hydrogen-bond acceptors (Lipinski definition) is 2. The van der Waals surface area contributed by atoms with Gasteiger partial charge in [-0.05, 0) is 49.7 Å². The molecule has 0 aliphatic carbocycles. The summed E-state index contributed by atoms with van der Waals surface area (Å²) in [7, 11) is 0. The molecule has 0 saturated heterocycles. The van der Waals surface area contributed by atoms with Crippen LogP contribution in [-0.2, 0) is 0 Å². The highest BCUT2D eigenvalue weighted by atomic mass is 35.5. The highest BCUT2D eigenvalue weighted by Crippen LogP contribution is 2.39. The molecule has 0 saturated carbocycles. The van der Waals surface area contributed by atoms with Crippen molar-refractivity contribution in [3.63, 3.8) is 0 Å². The van der Waals surface area contributed by atoms with Crippen LogP contribution in [0, 0.1) is 13.8 Å². The Morgan fingerprint density at radius 1 is 1.05 bits per heavy atom. The standard InChI is InChI=1S/C18H16ClN3/c1-11-3-8-16-15(9-11)17-10-12(2)21-22(17)18(20-16)13-4-6-14(19)7-5-13/h3-10,18,20H,1-2H3. The first kappa shape index (κ1) is 13.4. The summed E-state index contributed by atoms with van der Waals surface area (Å²) in [6.45, 7) is 4.14. The Morgan fingerprint density at radius 2 is 1.82 bits per heavy atom. The van der Waals surface area contributed by atoms with Gasteiger partial charge in [-0.2, -0.15) is 5.10 Å².